The summed E-state index contributed by atoms with van der Waals surface area (Å²) in [6, 6.07) is 0.0704. The Balaban J connectivity index is 1.50. The largest absolute Gasteiger partial charge is 0.370 e. The summed E-state index contributed by atoms with van der Waals surface area (Å²) in [4.78, 5) is 0. The molecule has 0 aromatic heterocycles. The van der Waals surface area contributed by atoms with E-state index in [1.165, 1.54) is 25.7 Å². The van der Waals surface area contributed by atoms with E-state index in [9.17, 15) is 5.11 Å². The molecule has 26 heavy (non-hydrogen) atoms. The fourth-order valence-electron chi connectivity index (χ4n) is 7.44. The third-order valence-electron chi connectivity index (χ3n) is 9.13. The minimum atomic E-state index is -3.16. The molecule has 4 heteroatoms. The summed E-state index contributed by atoms with van der Waals surface area (Å²) in [5.41, 5.74) is -1.82. The first kappa shape index (κ1) is 17.6. The Morgan fingerprint density at radius 2 is 1.77 bits per heavy atom. The van der Waals surface area contributed by atoms with E-state index in [1.54, 1.807) is 0 Å². The van der Waals surface area contributed by atoms with Crippen LogP contribution in [0.3, 0.4) is 0 Å². The van der Waals surface area contributed by atoms with Crippen molar-refractivity contribution in [3.05, 3.63) is 11.6 Å². The monoisotopic (exact) mass is 365 g/mol. The Morgan fingerprint density at radius 1 is 1.00 bits per heavy atom. The summed E-state index contributed by atoms with van der Waals surface area (Å²) in [5.74, 6) is -1.54. The van der Waals surface area contributed by atoms with Gasteiger partial charge in [-0.3, -0.25) is 5.32 Å². The lowest BCUT2D eigenvalue weighted by Gasteiger charge is -2.60. The number of aliphatic hydroxyl groups is 1. The van der Waals surface area contributed by atoms with Gasteiger partial charge >= 0.3 is 5.92 Å². The van der Waals surface area contributed by atoms with E-state index in [-0.39, 0.29) is 18.0 Å². The van der Waals surface area contributed by atoms with Gasteiger partial charge in [-0.2, -0.15) is 8.78 Å². The smallest absolute Gasteiger partial charge is 0.311 e. The highest BCUT2D eigenvalue weighted by atomic mass is 19.3. The molecule has 5 aliphatic rings. The predicted molar refractivity (Wildman–Crippen MR) is 97.8 cm³/mol. The molecule has 4 saturated carbocycles. The zero-order valence-electron chi connectivity index (χ0n) is 16.2. The second kappa shape index (κ2) is 5.31. The van der Waals surface area contributed by atoms with Crippen molar-refractivity contribution >= 4 is 0 Å². The molecule has 0 spiro atoms. The van der Waals surface area contributed by atoms with E-state index in [0.717, 1.165) is 25.7 Å². The minimum Gasteiger partial charge on any atom is -0.370 e. The first-order valence-electron chi connectivity index (χ1n) is 10.8. The van der Waals surface area contributed by atoms with Crippen molar-refractivity contribution in [3.8, 4) is 0 Å². The summed E-state index contributed by atoms with van der Waals surface area (Å²) in [6.45, 7) is 4.52. The van der Waals surface area contributed by atoms with Crippen molar-refractivity contribution in [1.29, 1.82) is 0 Å². The average molecular weight is 366 g/mol. The highest BCUT2D eigenvalue weighted by Gasteiger charge is 2.67. The number of fused-ring (bicyclic) bond motifs is 5. The number of hydrogen-bond acceptors (Lipinski definition) is 2. The van der Waals surface area contributed by atoms with Crippen LogP contribution in [0.25, 0.3) is 0 Å². The molecule has 5 rings (SSSR count). The Hall–Kier alpha value is -0.480. The van der Waals surface area contributed by atoms with Crippen molar-refractivity contribution < 1.29 is 13.9 Å². The fourth-order valence-corrected chi connectivity index (χ4v) is 7.44. The van der Waals surface area contributed by atoms with Crippen LogP contribution in [0.15, 0.2) is 11.6 Å². The van der Waals surface area contributed by atoms with Gasteiger partial charge in [0.2, 0.25) is 0 Å². The summed E-state index contributed by atoms with van der Waals surface area (Å²) in [6.07, 6.45) is 11.4. The van der Waals surface area contributed by atoms with Gasteiger partial charge in [-0.05, 0) is 86.4 Å². The Kier molecular flexibility index (Phi) is 3.60. The highest BCUT2D eigenvalue weighted by molar-refractivity contribution is 5.34. The van der Waals surface area contributed by atoms with Gasteiger partial charge in [-0.25, -0.2) is 0 Å². The molecule has 4 fully saturated rings. The molecule has 0 aliphatic heterocycles. The molecule has 0 aromatic carbocycles. The zero-order chi connectivity index (χ0) is 18.4. The van der Waals surface area contributed by atoms with Crippen LogP contribution in [0.2, 0.25) is 0 Å². The lowest BCUT2D eigenvalue weighted by atomic mass is 9.47. The lowest BCUT2D eigenvalue weighted by Crippen LogP contribution is -2.67. The van der Waals surface area contributed by atoms with Gasteiger partial charge in [-0.1, -0.05) is 26.3 Å². The van der Waals surface area contributed by atoms with Crippen LogP contribution in [-0.4, -0.2) is 22.8 Å². The molecular formula is C22H33F2NO. The van der Waals surface area contributed by atoms with Crippen LogP contribution in [0.4, 0.5) is 8.78 Å². The maximum atomic E-state index is 15.5. The number of nitrogens with one attached hydrogen (secondary N) is 1. The van der Waals surface area contributed by atoms with E-state index in [2.05, 4.69) is 19.2 Å². The standard InChI is InChI=1S/C22H33F2NO/c1-19-10-3-4-16(19)15-7-8-18-20(2,17(15)9-11-19)12-13-21(26,22(18,23)24)25-14-5-6-14/h8,14-17,25-26H,3-7,9-13H2,1-2H3/t15-,16-,17-,19-,20+,21-/m0/s1. The van der Waals surface area contributed by atoms with E-state index >= 15 is 8.78 Å². The fraction of sp³-hybridized carbons (Fsp3) is 0.909. The topological polar surface area (TPSA) is 32.3 Å². The summed E-state index contributed by atoms with van der Waals surface area (Å²) >= 11 is 0. The lowest BCUT2D eigenvalue weighted by molar-refractivity contribution is -0.217. The van der Waals surface area contributed by atoms with Gasteiger partial charge in [0.15, 0.2) is 5.72 Å². The van der Waals surface area contributed by atoms with E-state index in [1.807, 2.05) is 6.08 Å². The van der Waals surface area contributed by atoms with Crippen LogP contribution in [0.1, 0.15) is 78.1 Å². The SMILES string of the molecule is C[C@@]12CCC[C@H]1[C@@H]1CC=C3C(F)(F)[C@](O)(NC4CC4)CC[C@]3(C)[C@H]1CC2. The third kappa shape index (κ3) is 2.21. The molecule has 2 nitrogen and oxygen atoms in total. The molecular weight excluding hydrogens is 332 g/mol. The second-order valence-electron chi connectivity index (χ2n) is 10.6. The normalized spacial score (nSPS) is 52.7. The average Bonchev–Trinajstić information content (AvgIpc) is 3.29. The molecule has 5 aliphatic carbocycles. The number of alkyl halides is 2. The highest BCUT2D eigenvalue weighted by Crippen LogP contribution is 2.67. The molecule has 6 atom stereocenters. The van der Waals surface area contributed by atoms with Crippen molar-refractivity contribution in [3.63, 3.8) is 0 Å². The van der Waals surface area contributed by atoms with Gasteiger partial charge in [0.05, 0.1) is 0 Å². The maximum absolute atomic E-state index is 15.5. The van der Waals surface area contributed by atoms with Crippen molar-refractivity contribution in [2.75, 3.05) is 0 Å². The van der Waals surface area contributed by atoms with E-state index < -0.39 is 17.1 Å². The van der Waals surface area contributed by atoms with E-state index in [4.69, 9.17) is 0 Å². The number of hydrogen-bond donors (Lipinski definition) is 2. The second-order valence-corrected chi connectivity index (χ2v) is 10.6. The van der Waals surface area contributed by atoms with Crippen molar-refractivity contribution in [2.45, 2.75) is 95.7 Å². The molecule has 0 bridgehead atoms. The van der Waals surface area contributed by atoms with Crippen molar-refractivity contribution in [2.24, 2.45) is 28.6 Å². The Labute approximate surface area is 155 Å². The zero-order valence-corrected chi connectivity index (χ0v) is 16.2. The van der Waals surface area contributed by atoms with Crippen LogP contribution >= 0.6 is 0 Å². The number of rotatable bonds is 2. The van der Waals surface area contributed by atoms with Gasteiger partial charge < -0.3 is 5.11 Å². The summed E-state index contributed by atoms with van der Waals surface area (Å²) < 4.78 is 31.1. The van der Waals surface area contributed by atoms with Crippen LogP contribution in [0, 0.1) is 28.6 Å². The quantitative estimate of drug-likeness (QED) is 0.532. The van der Waals surface area contributed by atoms with Gasteiger partial charge in [-0.15, -0.1) is 0 Å². The Morgan fingerprint density at radius 3 is 2.50 bits per heavy atom. The Bertz CT molecular complexity index is 644. The molecule has 0 unspecified atom stereocenters. The maximum Gasteiger partial charge on any atom is 0.311 e. The number of allylic oxidation sites excluding steroid dienone is 1. The van der Waals surface area contributed by atoms with Gasteiger partial charge in [0.1, 0.15) is 0 Å². The first-order chi connectivity index (χ1) is 12.2. The predicted octanol–water partition coefficient (Wildman–Crippen LogP) is 5.03. The van der Waals surface area contributed by atoms with E-state index in [0.29, 0.717) is 29.6 Å². The third-order valence-corrected chi connectivity index (χ3v) is 9.13. The first-order valence-corrected chi connectivity index (χ1v) is 10.8. The van der Waals surface area contributed by atoms with Gasteiger partial charge in [0.25, 0.3) is 0 Å². The van der Waals surface area contributed by atoms with Crippen LogP contribution < -0.4 is 5.32 Å². The number of halogens is 2. The molecule has 0 amide bonds. The van der Waals surface area contributed by atoms with Crippen LogP contribution in [-0.2, 0) is 0 Å². The van der Waals surface area contributed by atoms with Crippen molar-refractivity contribution in [1.82, 2.24) is 5.32 Å². The summed E-state index contributed by atoms with van der Waals surface area (Å²) in [7, 11) is 0. The van der Waals surface area contributed by atoms with Gasteiger partial charge in [0, 0.05) is 11.6 Å². The minimum absolute atomic E-state index is 0.0704. The molecule has 0 aromatic rings. The molecule has 0 radical (unpaired) electrons. The van der Waals surface area contributed by atoms with Crippen LogP contribution in [0.5, 0.6) is 0 Å². The molecule has 2 N–H and O–H groups in total. The molecule has 0 heterocycles. The molecule has 146 valence electrons. The summed E-state index contributed by atoms with van der Waals surface area (Å²) in [5, 5.41) is 13.7. The molecule has 0 saturated heterocycles.